The van der Waals surface area contributed by atoms with Gasteiger partial charge in [-0.2, -0.15) is 0 Å². The van der Waals surface area contributed by atoms with E-state index in [0.717, 1.165) is 0 Å². The van der Waals surface area contributed by atoms with Gasteiger partial charge in [-0.25, -0.2) is 0 Å². The molecule has 0 spiro atoms. The second-order valence-electron chi connectivity index (χ2n) is 3.25. The Balaban J connectivity index is 3.02. The number of cyclic esters (lactones) is 1. The molecule has 1 rings (SSSR count). The lowest BCUT2D eigenvalue weighted by Gasteiger charge is -2.18. The average Bonchev–Trinajstić information content (AvgIpc) is 2.55. The standard InChI is InChI=1S/C10H14O4/c1-4-7-6-10(5-2,8(11)13-3)9(12)14-7/h4H,5-6H2,1-3H3/b7-4-. The first-order chi connectivity index (χ1) is 6.60. The van der Waals surface area contributed by atoms with Crippen molar-refractivity contribution in [3.63, 3.8) is 0 Å². The van der Waals surface area contributed by atoms with Crippen molar-refractivity contribution in [3.8, 4) is 0 Å². The number of carbonyl (C=O) groups is 2. The lowest BCUT2D eigenvalue weighted by Crippen LogP contribution is -2.36. The fraction of sp³-hybridized carbons (Fsp3) is 0.600. The quantitative estimate of drug-likeness (QED) is 0.497. The molecule has 0 aromatic heterocycles. The van der Waals surface area contributed by atoms with Crippen LogP contribution in [0.15, 0.2) is 11.8 Å². The Bertz CT molecular complexity index is 292. The van der Waals surface area contributed by atoms with Crippen LogP contribution in [0.2, 0.25) is 0 Å². The summed E-state index contributed by atoms with van der Waals surface area (Å²) in [6.07, 6.45) is 2.40. The second kappa shape index (κ2) is 3.82. The van der Waals surface area contributed by atoms with E-state index in [2.05, 4.69) is 4.74 Å². The number of ether oxygens (including phenoxy) is 2. The number of allylic oxidation sites excluding steroid dienone is 2. The Morgan fingerprint density at radius 1 is 1.71 bits per heavy atom. The zero-order chi connectivity index (χ0) is 10.8. The van der Waals surface area contributed by atoms with Gasteiger partial charge < -0.3 is 9.47 Å². The van der Waals surface area contributed by atoms with E-state index >= 15 is 0 Å². The molecule has 4 heteroatoms. The van der Waals surface area contributed by atoms with Crippen LogP contribution in [0.3, 0.4) is 0 Å². The Morgan fingerprint density at radius 2 is 2.36 bits per heavy atom. The first-order valence-corrected chi connectivity index (χ1v) is 4.56. The molecule has 1 saturated heterocycles. The maximum Gasteiger partial charge on any atom is 0.329 e. The van der Waals surface area contributed by atoms with Gasteiger partial charge in [-0.3, -0.25) is 9.59 Å². The van der Waals surface area contributed by atoms with Crippen LogP contribution in [0.4, 0.5) is 0 Å². The third-order valence-corrected chi connectivity index (χ3v) is 2.59. The molecule has 0 radical (unpaired) electrons. The summed E-state index contributed by atoms with van der Waals surface area (Å²) in [5.74, 6) is -0.468. The minimum atomic E-state index is -1.11. The highest BCUT2D eigenvalue weighted by Gasteiger charge is 2.52. The van der Waals surface area contributed by atoms with Crippen LogP contribution in [-0.2, 0) is 19.1 Å². The SMILES string of the molecule is C/C=C1/CC(CC)(C(=O)OC)C(=O)O1. The molecule has 0 aliphatic carbocycles. The summed E-state index contributed by atoms with van der Waals surface area (Å²) in [6, 6.07) is 0. The van der Waals surface area contributed by atoms with Crippen molar-refractivity contribution < 1.29 is 19.1 Å². The lowest BCUT2D eigenvalue weighted by atomic mass is 9.83. The molecule has 1 atom stereocenters. The summed E-state index contributed by atoms with van der Waals surface area (Å²) in [6.45, 7) is 3.54. The molecule has 14 heavy (non-hydrogen) atoms. The maximum absolute atomic E-state index is 11.5. The van der Waals surface area contributed by atoms with Crippen LogP contribution in [0.1, 0.15) is 26.7 Å². The second-order valence-corrected chi connectivity index (χ2v) is 3.25. The molecule has 1 aliphatic heterocycles. The molecule has 0 amide bonds. The van der Waals surface area contributed by atoms with Crippen molar-refractivity contribution in [3.05, 3.63) is 11.8 Å². The molecule has 0 N–H and O–H groups in total. The molecule has 0 aromatic rings. The predicted molar refractivity (Wildman–Crippen MR) is 49.2 cm³/mol. The summed E-state index contributed by atoms with van der Waals surface area (Å²) < 4.78 is 9.59. The van der Waals surface area contributed by atoms with Gasteiger partial charge in [0, 0.05) is 6.42 Å². The topological polar surface area (TPSA) is 52.6 Å². The van der Waals surface area contributed by atoms with Gasteiger partial charge in [0.1, 0.15) is 5.76 Å². The van der Waals surface area contributed by atoms with Crippen LogP contribution in [0, 0.1) is 5.41 Å². The van der Waals surface area contributed by atoms with E-state index in [-0.39, 0.29) is 0 Å². The van der Waals surface area contributed by atoms with Gasteiger partial charge in [-0.15, -0.1) is 0 Å². The molecule has 4 nitrogen and oxygen atoms in total. The van der Waals surface area contributed by atoms with E-state index in [1.54, 1.807) is 19.9 Å². The van der Waals surface area contributed by atoms with Crippen molar-refractivity contribution in [2.75, 3.05) is 7.11 Å². The molecular formula is C10H14O4. The van der Waals surface area contributed by atoms with Gasteiger partial charge in [0.25, 0.3) is 0 Å². The van der Waals surface area contributed by atoms with Crippen LogP contribution in [-0.4, -0.2) is 19.0 Å². The Kier molecular flexibility index (Phi) is 2.93. The van der Waals surface area contributed by atoms with Crippen LogP contribution in [0.25, 0.3) is 0 Å². The maximum atomic E-state index is 11.5. The van der Waals surface area contributed by atoms with E-state index in [1.807, 2.05) is 0 Å². The summed E-state index contributed by atoms with van der Waals surface area (Å²) in [5.41, 5.74) is -1.11. The predicted octanol–water partition coefficient (Wildman–Crippen LogP) is 1.41. The van der Waals surface area contributed by atoms with Gasteiger partial charge >= 0.3 is 11.9 Å². The number of carbonyl (C=O) groups excluding carboxylic acids is 2. The first kappa shape index (κ1) is 10.8. The fourth-order valence-corrected chi connectivity index (χ4v) is 1.55. The van der Waals surface area contributed by atoms with Crippen molar-refractivity contribution in [2.24, 2.45) is 5.41 Å². The van der Waals surface area contributed by atoms with E-state index in [0.29, 0.717) is 18.6 Å². The number of esters is 2. The highest BCUT2D eigenvalue weighted by atomic mass is 16.6. The van der Waals surface area contributed by atoms with Gasteiger partial charge in [0.2, 0.25) is 0 Å². The van der Waals surface area contributed by atoms with Crippen molar-refractivity contribution >= 4 is 11.9 Å². The van der Waals surface area contributed by atoms with E-state index < -0.39 is 17.4 Å². The van der Waals surface area contributed by atoms with Crippen molar-refractivity contribution in [1.82, 2.24) is 0 Å². The normalized spacial score (nSPS) is 29.1. The van der Waals surface area contributed by atoms with E-state index in [1.165, 1.54) is 7.11 Å². The molecule has 0 saturated carbocycles. The van der Waals surface area contributed by atoms with Crippen LogP contribution in [0.5, 0.6) is 0 Å². The van der Waals surface area contributed by atoms with Gasteiger partial charge in [-0.05, 0) is 19.4 Å². The third-order valence-electron chi connectivity index (χ3n) is 2.59. The Morgan fingerprint density at radius 3 is 2.71 bits per heavy atom. The number of hydrogen-bond donors (Lipinski definition) is 0. The van der Waals surface area contributed by atoms with Crippen molar-refractivity contribution in [2.45, 2.75) is 26.7 Å². The average molecular weight is 198 g/mol. The smallest absolute Gasteiger partial charge is 0.329 e. The molecule has 0 aromatic carbocycles. The van der Waals surface area contributed by atoms with E-state index in [9.17, 15) is 9.59 Å². The van der Waals surface area contributed by atoms with Crippen LogP contribution < -0.4 is 0 Å². The summed E-state index contributed by atoms with van der Waals surface area (Å²) in [7, 11) is 1.28. The third kappa shape index (κ3) is 1.41. The monoisotopic (exact) mass is 198 g/mol. The molecule has 1 fully saturated rings. The number of hydrogen-bond acceptors (Lipinski definition) is 4. The Hall–Kier alpha value is -1.32. The minimum absolute atomic E-state index is 0.311. The lowest BCUT2D eigenvalue weighted by molar-refractivity contribution is -0.162. The highest BCUT2D eigenvalue weighted by Crippen LogP contribution is 2.40. The molecule has 1 aliphatic rings. The van der Waals surface area contributed by atoms with Gasteiger partial charge in [0.05, 0.1) is 7.11 Å². The molecule has 1 heterocycles. The minimum Gasteiger partial charge on any atom is -0.468 e. The van der Waals surface area contributed by atoms with Gasteiger partial charge in [0.15, 0.2) is 5.41 Å². The molecule has 0 bridgehead atoms. The molecular weight excluding hydrogens is 184 g/mol. The summed E-state index contributed by atoms with van der Waals surface area (Å²) in [4.78, 5) is 23.0. The number of methoxy groups -OCH3 is 1. The number of rotatable bonds is 2. The van der Waals surface area contributed by atoms with Gasteiger partial charge in [-0.1, -0.05) is 6.92 Å². The largest absolute Gasteiger partial charge is 0.468 e. The summed E-state index contributed by atoms with van der Waals surface area (Å²) >= 11 is 0. The highest BCUT2D eigenvalue weighted by molar-refractivity contribution is 6.02. The first-order valence-electron chi connectivity index (χ1n) is 4.56. The van der Waals surface area contributed by atoms with Crippen LogP contribution >= 0.6 is 0 Å². The summed E-state index contributed by atoms with van der Waals surface area (Å²) in [5, 5.41) is 0. The fourth-order valence-electron chi connectivity index (χ4n) is 1.55. The van der Waals surface area contributed by atoms with Crippen molar-refractivity contribution in [1.29, 1.82) is 0 Å². The molecule has 1 unspecified atom stereocenters. The Labute approximate surface area is 82.9 Å². The molecule has 78 valence electrons. The zero-order valence-electron chi connectivity index (χ0n) is 8.62. The van der Waals surface area contributed by atoms with E-state index in [4.69, 9.17) is 4.74 Å². The zero-order valence-corrected chi connectivity index (χ0v) is 8.62.